The van der Waals surface area contributed by atoms with Gasteiger partial charge in [0.15, 0.2) is 18.2 Å². The molecule has 0 spiro atoms. The zero-order chi connectivity index (χ0) is 31.6. The number of amides is 1. The van der Waals surface area contributed by atoms with Crippen LogP contribution in [0.3, 0.4) is 0 Å². The van der Waals surface area contributed by atoms with Crippen molar-refractivity contribution in [2.24, 2.45) is 5.92 Å². The van der Waals surface area contributed by atoms with Gasteiger partial charge in [0.05, 0.1) is 11.1 Å². The lowest BCUT2D eigenvalue weighted by atomic mass is 9.86. The second kappa shape index (κ2) is 13.1. The van der Waals surface area contributed by atoms with E-state index in [-0.39, 0.29) is 30.4 Å². The molecule has 12 nitrogen and oxygen atoms in total. The summed E-state index contributed by atoms with van der Waals surface area (Å²) in [6, 6.07) is 15.4. The fraction of sp³-hybridized carbons (Fsp3) is 0.355. The van der Waals surface area contributed by atoms with E-state index < -0.39 is 10.0 Å². The number of ether oxygens (including phenoxy) is 1. The standard InChI is InChI=1S/C31H36N8O4S2/c1-32-45(41,42)18-21-11-13-22(14-12-21)37(2)29-24-15-17-39(30(24)35-19-34-29)20-43-28-23-8-4-5-9-25(23)44-38(3)27(28)31(40)36-26-10-6-7-16-33-26/h4-10,15-17,19,21-22,32H,11-14,18,20H2,1-3H3,(H,33,36,40). The minimum absolute atomic E-state index is 0.122. The Bertz CT molecular complexity index is 1820. The summed E-state index contributed by atoms with van der Waals surface area (Å²) in [7, 11) is 2.12. The van der Waals surface area contributed by atoms with Gasteiger partial charge in [-0.3, -0.25) is 9.36 Å². The molecule has 14 heteroatoms. The number of likely N-dealkylation sites (N-methyl/N-ethyl adjacent to an activating group) is 1. The molecular formula is C31H36N8O4S2. The van der Waals surface area contributed by atoms with Gasteiger partial charge >= 0.3 is 0 Å². The fourth-order valence-electron chi connectivity index (χ4n) is 5.98. The van der Waals surface area contributed by atoms with E-state index in [9.17, 15) is 13.2 Å². The van der Waals surface area contributed by atoms with Crippen molar-refractivity contribution in [3.63, 3.8) is 0 Å². The number of fused-ring (bicyclic) bond motifs is 2. The first-order valence-electron chi connectivity index (χ1n) is 14.8. The molecule has 2 N–H and O–H groups in total. The number of pyridine rings is 1. The maximum Gasteiger partial charge on any atom is 0.277 e. The van der Waals surface area contributed by atoms with Crippen LogP contribution in [0, 0.1) is 5.92 Å². The molecule has 236 valence electrons. The van der Waals surface area contributed by atoms with Gasteiger partial charge in [-0.15, -0.1) is 0 Å². The van der Waals surface area contributed by atoms with E-state index >= 15 is 0 Å². The number of nitrogens with one attached hydrogen (secondary N) is 2. The van der Waals surface area contributed by atoms with Gasteiger partial charge in [-0.1, -0.05) is 18.2 Å². The predicted octanol–water partition coefficient (Wildman–Crippen LogP) is 4.30. The Morgan fingerprint density at radius 2 is 1.84 bits per heavy atom. The third-order valence-electron chi connectivity index (χ3n) is 8.37. The van der Waals surface area contributed by atoms with Crippen LogP contribution in [0.1, 0.15) is 31.2 Å². The van der Waals surface area contributed by atoms with Crippen LogP contribution in [-0.2, 0) is 26.3 Å². The summed E-state index contributed by atoms with van der Waals surface area (Å²) < 4.78 is 36.7. The van der Waals surface area contributed by atoms with Crippen molar-refractivity contribution in [3.05, 3.63) is 78.5 Å². The van der Waals surface area contributed by atoms with Crippen molar-refractivity contribution in [1.29, 1.82) is 0 Å². The van der Waals surface area contributed by atoms with E-state index in [4.69, 9.17) is 4.74 Å². The zero-order valence-electron chi connectivity index (χ0n) is 25.4. The molecule has 1 saturated carbocycles. The number of rotatable bonds is 10. The molecule has 4 heterocycles. The molecule has 1 aliphatic carbocycles. The van der Waals surface area contributed by atoms with E-state index in [2.05, 4.69) is 29.9 Å². The third kappa shape index (κ3) is 6.63. The number of anilines is 2. The second-order valence-corrected chi connectivity index (χ2v) is 14.3. The average molecular weight is 649 g/mol. The van der Waals surface area contributed by atoms with Crippen LogP contribution in [0.5, 0.6) is 0 Å². The average Bonchev–Trinajstić information content (AvgIpc) is 3.47. The Labute approximate surface area is 267 Å². The van der Waals surface area contributed by atoms with Crippen LogP contribution in [0.2, 0.25) is 0 Å². The van der Waals surface area contributed by atoms with Gasteiger partial charge in [-0.25, -0.2) is 28.1 Å². The number of aromatic nitrogens is 4. The van der Waals surface area contributed by atoms with Crippen LogP contribution in [-0.4, -0.2) is 71.1 Å². The van der Waals surface area contributed by atoms with Crippen molar-refractivity contribution in [3.8, 4) is 0 Å². The van der Waals surface area contributed by atoms with E-state index in [1.54, 1.807) is 24.7 Å². The van der Waals surface area contributed by atoms with Gasteiger partial charge in [0.1, 0.15) is 23.6 Å². The van der Waals surface area contributed by atoms with Crippen molar-refractivity contribution in [1.82, 2.24) is 28.5 Å². The van der Waals surface area contributed by atoms with Crippen molar-refractivity contribution >= 4 is 56.3 Å². The number of hydrogen-bond donors (Lipinski definition) is 2. The van der Waals surface area contributed by atoms with E-state index in [1.807, 2.05) is 65.6 Å². The molecule has 0 bridgehead atoms. The Morgan fingerprint density at radius 3 is 2.60 bits per heavy atom. The van der Waals surface area contributed by atoms with Gasteiger partial charge in [0.2, 0.25) is 10.0 Å². The molecule has 45 heavy (non-hydrogen) atoms. The fourth-order valence-corrected chi connectivity index (χ4v) is 8.05. The molecule has 0 atom stereocenters. The Balaban J connectivity index is 1.23. The first-order valence-corrected chi connectivity index (χ1v) is 17.2. The largest absolute Gasteiger partial charge is 0.470 e. The Kier molecular flexibility index (Phi) is 8.97. The SMILES string of the molecule is CNS(=O)(=O)CC1CCC(N(C)c2ncnc3c2ccn3COC2=C(C(=O)Nc3ccccn3)N(C)Sc3ccccc32)CC1. The number of nitrogens with zero attached hydrogens (tertiary/aromatic N) is 6. The molecule has 0 radical (unpaired) electrons. The highest BCUT2D eigenvalue weighted by Crippen LogP contribution is 2.41. The van der Waals surface area contributed by atoms with Crippen LogP contribution < -0.4 is 14.9 Å². The van der Waals surface area contributed by atoms with E-state index in [0.717, 1.165) is 47.3 Å². The normalized spacial score (nSPS) is 18.5. The summed E-state index contributed by atoms with van der Waals surface area (Å²) in [6.07, 6.45) is 8.57. The molecular weight excluding hydrogens is 613 g/mol. The molecule has 1 aliphatic heterocycles. The molecule has 0 unspecified atom stereocenters. The van der Waals surface area contributed by atoms with Gasteiger partial charge in [-0.05, 0) is 80.9 Å². The highest BCUT2D eigenvalue weighted by Gasteiger charge is 2.31. The first kappa shape index (κ1) is 30.9. The number of sulfonamides is 1. The minimum atomic E-state index is -3.22. The summed E-state index contributed by atoms with van der Waals surface area (Å²) in [6.45, 7) is 0.122. The van der Waals surface area contributed by atoms with E-state index in [1.165, 1.54) is 19.0 Å². The van der Waals surface area contributed by atoms with Crippen molar-refractivity contribution in [2.75, 3.05) is 37.1 Å². The molecule has 2 aliphatic rings. The second-order valence-electron chi connectivity index (χ2n) is 11.2. The summed E-state index contributed by atoms with van der Waals surface area (Å²) >= 11 is 1.46. The third-order valence-corrected chi connectivity index (χ3v) is 10.9. The lowest BCUT2D eigenvalue weighted by molar-refractivity contribution is -0.113. The van der Waals surface area contributed by atoms with Gasteiger partial charge < -0.3 is 19.3 Å². The topological polar surface area (TPSA) is 135 Å². The highest BCUT2D eigenvalue weighted by molar-refractivity contribution is 7.97. The van der Waals surface area contributed by atoms with Gasteiger partial charge in [-0.2, -0.15) is 0 Å². The maximum atomic E-state index is 13.5. The van der Waals surface area contributed by atoms with Gasteiger partial charge in [0, 0.05) is 43.0 Å². The van der Waals surface area contributed by atoms with Crippen LogP contribution in [0.4, 0.5) is 11.6 Å². The molecule has 1 aromatic carbocycles. The van der Waals surface area contributed by atoms with E-state index in [0.29, 0.717) is 22.9 Å². The van der Waals surface area contributed by atoms with Crippen molar-refractivity contribution < 1.29 is 17.9 Å². The highest BCUT2D eigenvalue weighted by atomic mass is 32.2. The lowest BCUT2D eigenvalue weighted by Crippen LogP contribution is -2.38. The zero-order valence-corrected chi connectivity index (χ0v) is 27.0. The predicted molar refractivity (Wildman–Crippen MR) is 175 cm³/mol. The monoisotopic (exact) mass is 648 g/mol. The lowest BCUT2D eigenvalue weighted by Gasteiger charge is -2.35. The minimum Gasteiger partial charge on any atom is -0.470 e. The molecule has 6 rings (SSSR count). The molecule has 1 fully saturated rings. The number of hydrogen-bond acceptors (Lipinski definition) is 10. The summed E-state index contributed by atoms with van der Waals surface area (Å²) in [4.78, 5) is 30.1. The Morgan fingerprint density at radius 1 is 1.07 bits per heavy atom. The molecule has 1 amide bonds. The smallest absolute Gasteiger partial charge is 0.277 e. The van der Waals surface area contributed by atoms with Crippen molar-refractivity contribution in [2.45, 2.75) is 43.4 Å². The summed E-state index contributed by atoms with van der Waals surface area (Å²) in [5.74, 6) is 1.73. The number of carbonyl (C=O) groups is 1. The maximum absolute atomic E-state index is 13.5. The first-order chi connectivity index (χ1) is 21.7. The van der Waals surface area contributed by atoms with Gasteiger partial charge in [0.25, 0.3) is 5.91 Å². The molecule has 4 aromatic rings. The van der Waals surface area contributed by atoms with Crippen LogP contribution in [0.25, 0.3) is 16.8 Å². The van der Waals surface area contributed by atoms with Crippen LogP contribution >= 0.6 is 11.9 Å². The summed E-state index contributed by atoms with van der Waals surface area (Å²) in [5.41, 5.74) is 1.93. The summed E-state index contributed by atoms with van der Waals surface area (Å²) in [5, 5.41) is 3.78. The van der Waals surface area contributed by atoms with Crippen LogP contribution in [0.15, 0.2) is 77.8 Å². The number of carbonyl (C=O) groups excluding carboxylic acids is 1. The quantitative estimate of drug-likeness (QED) is 0.240. The number of benzene rings is 1. The molecule has 3 aromatic heterocycles. The Hall–Kier alpha value is -4.14. The molecule has 0 saturated heterocycles.